The monoisotopic (exact) mass is 298 g/mol. The van der Waals surface area contributed by atoms with E-state index in [2.05, 4.69) is 21.5 Å². The summed E-state index contributed by atoms with van der Waals surface area (Å²) in [6.45, 7) is 4.90. The van der Waals surface area contributed by atoms with Crippen LogP contribution in [0.4, 0.5) is 0 Å². The van der Waals surface area contributed by atoms with Gasteiger partial charge in [0.2, 0.25) is 0 Å². The van der Waals surface area contributed by atoms with E-state index < -0.39 is 10.0 Å². The molecule has 7 heteroatoms. The van der Waals surface area contributed by atoms with Crippen LogP contribution in [0.25, 0.3) is 0 Å². The van der Waals surface area contributed by atoms with Crippen molar-refractivity contribution in [3.8, 4) is 0 Å². The van der Waals surface area contributed by atoms with Crippen molar-refractivity contribution in [1.82, 2.24) is 14.6 Å². The lowest BCUT2D eigenvalue weighted by molar-refractivity contribution is 0.268. The number of pyridine rings is 1. The van der Waals surface area contributed by atoms with Crippen molar-refractivity contribution in [2.45, 2.75) is 37.4 Å². The third kappa shape index (κ3) is 3.54. The highest BCUT2D eigenvalue weighted by molar-refractivity contribution is 7.89. The number of nitrogens with zero attached hydrogens (tertiary/aromatic N) is 2. The van der Waals surface area contributed by atoms with Crippen LogP contribution in [0.5, 0.6) is 0 Å². The Morgan fingerprint density at radius 2 is 2.30 bits per heavy atom. The minimum atomic E-state index is -3.53. The van der Waals surface area contributed by atoms with Crippen LogP contribution in [0.3, 0.4) is 0 Å². The second-order valence-corrected chi connectivity index (χ2v) is 6.70. The maximum absolute atomic E-state index is 12.2. The predicted molar refractivity (Wildman–Crippen MR) is 77.6 cm³/mol. The minimum Gasteiger partial charge on any atom is -0.326 e. The molecule has 1 aromatic heterocycles. The normalized spacial score (nSPS) is 20.4. The van der Waals surface area contributed by atoms with Gasteiger partial charge >= 0.3 is 0 Å². The van der Waals surface area contributed by atoms with Crippen molar-refractivity contribution in [3.05, 3.63) is 23.9 Å². The first kappa shape index (κ1) is 15.4. The molecule has 0 amide bonds. The summed E-state index contributed by atoms with van der Waals surface area (Å²) in [5, 5.41) is 0.0516. The molecule has 0 aliphatic carbocycles. The van der Waals surface area contributed by atoms with E-state index in [0.717, 1.165) is 31.5 Å². The summed E-state index contributed by atoms with van der Waals surface area (Å²) in [7, 11) is -3.53. The smallest absolute Gasteiger partial charge is 0.258 e. The summed E-state index contributed by atoms with van der Waals surface area (Å²) in [5.74, 6) is 0. The molecule has 0 spiro atoms. The average Bonchev–Trinajstić information content (AvgIpc) is 2.93. The molecule has 6 nitrogen and oxygen atoms in total. The van der Waals surface area contributed by atoms with Gasteiger partial charge < -0.3 is 5.73 Å². The van der Waals surface area contributed by atoms with E-state index in [9.17, 15) is 8.42 Å². The lowest BCUT2D eigenvalue weighted by Gasteiger charge is -2.22. The molecule has 1 aliphatic rings. The molecule has 2 rings (SSSR count). The van der Waals surface area contributed by atoms with Crippen molar-refractivity contribution < 1.29 is 8.42 Å². The quantitative estimate of drug-likeness (QED) is 0.789. The molecule has 20 heavy (non-hydrogen) atoms. The second-order valence-electron chi connectivity index (χ2n) is 4.99. The number of hydrogen-bond donors (Lipinski definition) is 2. The number of nitrogens with one attached hydrogen (secondary N) is 1. The first-order valence-corrected chi connectivity index (χ1v) is 8.44. The van der Waals surface area contributed by atoms with Gasteiger partial charge in [0.25, 0.3) is 10.0 Å². The summed E-state index contributed by atoms with van der Waals surface area (Å²) in [6.07, 6.45) is 3.67. The first-order chi connectivity index (χ1) is 9.56. The Bertz CT molecular complexity index is 530. The van der Waals surface area contributed by atoms with Crippen LogP contribution in [0.2, 0.25) is 0 Å². The molecule has 3 N–H and O–H groups in total. The summed E-state index contributed by atoms with van der Waals surface area (Å²) in [5.41, 5.74) is 6.29. The zero-order valence-corrected chi connectivity index (χ0v) is 12.6. The van der Waals surface area contributed by atoms with Crippen LogP contribution in [0.1, 0.15) is 25.3 Å². The molecular weight excluding hydrogens is 276 g/mol. The fourth-order valence-electron chi connectivity index (χ4n) is 2.51. The summed E-state index contributed by atoms with van der Waals surface area (Å²) in [6, 6.07) is 3.48. The number of nitrogens with two attached hydrogens (primary N) is 1. The van der Waals surface area contributed by atoms with E-state index in [1.54, 1.807) is 6.07 Å². The van der Waals surface area contributed by atoms with Gasteiger partial charge in [-0.2, -0.15) is 0 Å². The topological polar surface area (TPSA) is 88.3 Å². The summed E-state index contributed by atoms with van der Waals surface area (Å²) < 4.78 is 27.0. The van der Waals surface area contributed by atoms with Crippen molar-refractivity contribution >= 4 is 10.0 Å². The number of likely N-dealkylation sites (N-methyl/N-ethyl adjacent to an activating group) is 1. The van der Waals surface area contributed by atoms with E-state index in [4.69, 9.17) is 5.73 Å². The van der Waals surface area contributed by atoms with Crippen molar-refractivity contribution in [3.63, 3.8) is 0 Å². The zero-order chi connectivity index (χ0) is 14.6. The Kier molecular flexibility index (Phi) is 5.09. The van der Waals surface area contributed by atoms with Gasteiger partial charge in [0.1, 0.15) is 0 Å². The Hall–Kier alpha value is -1.02. The van der Waals surface area contributed by atoms with Gasteiger partial charge in [0, 0.05) is 25.3 Å². The number of likely N-dealkylation sites (tertiary alicyclic amines) is 1. The van der Waals surface area contributed by atoms with Crippen LogP contribution in [-0.2, 0) is 16.6 Å². The maximum Gasteiger partial charge on any atom is 0.258 e. The van der Waals surface area contributed by atoms with Gasteiger partial charge in [-0.05, 0) is 37.6 Å². The zero-order valence-electron chi connectivity index (χ0n) is 11.7. The van der Waals surface area contributed by atoms with Crippen molar-refractivity contribution in [2.75, 3.05) is 19.6 Å². The van der Waals surface area contributed by atoms with Crippen LogP contribution in [0, 0.1) is 0 Å². The van der Waals surface area contributed by atoms with E-state index in [1.807, 2.05) is 0 Å². The second kappa shape index (κ2) is 6.62. The number of aromatic nitrogens is 1. The van der Waals surface area contributed by atoms with Crippen LogP contribution < -0.4 is 10.5 Å². The highest BCUT2D eigenvalue weighted by Gasteiger charge is 2.25. The fourth-order valence-corrected chi connectivity index (χ4v) is 3.51. The van der Waals surface area contributed by atoms with E-state index in [1.165, 1.54) is 12.3 Å². The Labute approximate surface area is 120 Å². The van der Waals surface area contributed by atoms with Crippen LogP contribution in [0.15, 0.2) is 23.4 Å². The largest absolute Gasteiger partial charge is 0.326 e. The molecule has 1 atom stereocenters. The molecule has 0 radical (unpaired) electrons. The SMILES string of the molecule is CCN1CCCC1CNS(=O)(=O)c1ccc(CN)cn1. The van der Waals surface area contributed by atoms with Gasteiger partial charge in [-0.1, -0.05) is 13.0 Å². The van der Waals surface area contributed by atoms with Crippen LogP contribution in [-0.4, -0.2) is 44.0 Å². The summed E-state index contributed by atoms with van der Waals surface area (Å²) >= 11 is 0. The van der Waals surface area contributed by atoms with E-state index in [0.29, 0.717) is 13.1 Å². The molecule has 1 aromatic rings. The lowest BCUT2D eigenvalue weighted by Crippen LogP contribution is -2.40. The summed E-state index contributed by atoms with van der Waals surface area (Å²) in [4.78, 5) is 6.26. The Morgan fingerprint density at radius 3 is 2.90 bits per heavy atom. The third-order valence-electron chi connectivity index (χ3n) is 3.72. The highest BCUT2D eigenvalue weighted by atomic mass is 32.2. The maximum atomic E-state index is 12.2. The lowest BCUT2D eigenvalue weighted by atomic mass is 10.2. The van der Waals surface area contributed by atoms with E-state index >= 15 is 0 Å². The molecular formula is C13H22N4O2S. The van der Waals surface area contributed by atoms with Gasteiger partial charge in [-0.15, -0.1) is 0 Å². The standard InChI is InChI=1S/C13H22N4O2S/c1-2-17-7-3-4-12(17)10-16-20(18,19)13-6-5-11(8-14)9-15-13/h5-6,9,12,16H,2-4,7-8,10,14H2,1H3. The highest BCUT2D eigenvalue weighted by Crippen LogP contribution is 2.16. The molecule has 112 valence electrons. The molecule has 1 aliphatic heterocycles. The molecule has 2 heterocycles. The number of hydrogen-bond acceptors (Lipinski definition) is 5. The molecule has 1 unspecified atom stereocenters. The average molecular weight is 298 g/mol. The molecule has 1 fully saturated rings. The van der Waals surface area contributed by atoms with Crippen molar-refractivity contribution in [2.24, 2.45) is 5.73 Å². The predicted octanol–water partition coefficient (Wildman–Crippen LogP) is 0.303. The van der Waals surface area contributed by atoms with Gasteiger partial charge in [0.05, 0.1) is 0 Å². The minimum absolute atomic E-state index is 0.0516. The van der Waals surface area contributed by atoms with Gasteiger partial charge in [0.15, 0.2) is 5.03 Å². The molecule has 1 saturated heterocycles. The molecule has 0 saturated carbocycles. The fraction of sp³-hybridized carbons (Fsp3) is 0.615. The Morgan fingerprint density at radius 1 is 1.50 bits per heavy atom. The Balaban J connectivity index is 1.99. The van der Waals surface area contributed by atoms with Gasteiger partial charge in [-0.25, -0.2) is 18.1 Å². The number of rotatable bonds is 6. The van der Waals surface area contributed by atoms with Crippen molar-refractivity contribution in [1.29, 1.82) is 0 Å². The van der Waals surface area contributed by atoms with E-state index in [-0.39, 0.29) is 11.1 Å². The van der Waals surface area contributed by atoms with Crippen LogP contribution >= 0.6 is 0 Å². The first-order valence-electron chi connectivity index (χ1n) is 6.95. The number of sulfonamides is 1. The third-order valence-corrected chi connectivity index (χ3v) is 5.06. The molecule has 0 aromatic carbocycles. The van der Waals surface area contributed by atoms with Gasteiger partial charge in [-0.3, -0.25) is 4.90 Å². The molecule has 0 bridgehead atoms.